The molecule has 1 saturated carbocycles. The second kappa shape index (κ2) is 3.46. The lowest BCUT2D eigenvalue weighted by atomic mass is 10.0. The van der Waals surface area contributed by atoms with Gasteiger partial charge in [0.05, 0.1) is 13.2 Å². The van der Waals surface area contributed by atoms with Crippen molar-refractivity contribution in [1.82, 2.24) is 0 Å². The van der Waals surface area contributed by atoms with Crippen molar-refractivity contribution >= 4 is 5.78 Å². The van der Waals surface area contributed by atoms with Crippen LogP contribution >= 0.6 is 0 Å². The molecule has 2 aliphatic rings. The Bertz CT molecular complexity index is 405. The molecule has 0 saturated heterocycles. The summed E-state index contributed by atoms with van der Waals surface area (Å²) < 4.78 is 5.33. The molecule has 0 unspecified atom stereocenters. The maximum atomic E-state index is 11.9. The monoisotopic (exact) mass is 202 g/mol. The zero-order valence-electron chi connectivity index (χ0n) is 8.66. The van der Waals surface area contributed by atoms with E-state index in [0.29, 0.717) is 24.9 Å². The SMILES string of the molecule is O=C(CC1CC1)c1ccc2c(c1)COC2. The summed E-state index contributed by atoms with van der Waals surface area (Å²) in [4.78, 5) is 11.9. The number of Topliss-reactive ketones (excluding diaryl/α,β-unsaturated/α-hetero) is 1. The molecule has 0 amide bonds. The lowest BCUT2D eigenvalue weighted by Gasteiger charge is -2.02. The second-order valence-corrected chi connectivity index (χ2v) is 4.55. The van der Waals surface area contributed by atoms with Crippen LogP contribution in [0.5, 0.6) is 0 Å². The van der Waals surface area contributed by atoms with Crippen molar-refractivity contribution in [3.05, 3.63) is 34.9 Å². The van der Waals surface area contributed by atoms with Crippen LogP contribution in [-0.4, -0.2) is 5.78 Å². The Morgan fingerprint density at radius 2 is 2.07 bits per heavy atom. The van der Waals surface area contributed by atoms with Crippen LogP contribution in [0.15, 0.2) is 18.2 Å². The zero-order valence-corrected chi connectivity index (χ0v) is 8.66. The van der Waals surface area contributed by atoms with Gasteiger partial charge < -0.3 is 4.74 Å². The molecule has 15 heavy (non-hydrogen) atoms. The normalized spacial score (nSPS) is 18.9. The van der Waals surface area contributed by atoms with Crippen molar-refractivity contribution in [2.24, 2.45) is 5.92 Å². The Balaban J connectivity index is 1.82. The highest BCUT2D eigenvalue weighted by Crippen LogP contribution is 2.33. The molecule has 78 valence electrons. The summed E-state index contributed by atoms with van der Waals surface area (Å²) in [5, 5.41) is 0. The molecule has 0 N–H and O–H groups in total. The topological polar surface area (TPSA) is 26.3 Å². The third-order valence-electron chi connectivity index (χ3n) is 3.21. The van der Waals surface area contributed by atoms with Gasteiger partial charge in [-0.1, -0.05) is 12.1 Å². The number of hydrogen-bond acceptors (Lipinski definition) is 2. The molecule has 0 bridgehead atoms. The smallest absolute Gasteiger partial charge is 0.163 e. The van der Waals surface area contributed by atoms with E-state index >= 15 is 0 Å². The molecule has 1 heterocycles. The average Bonchev–Trinajstić information content (AvgIpc) is 2.94. The number of rotatable bonds is 3. The van der Waals surface area contributed by atoms with Crippen molar-refractivity contribution in [2.75, 3.05) is 0 Å². The summed E-state index contributed by atoms with van der Waals surface area (Å²) in [6, 6.07) is 5.98. The zero-order chi connectivity index (χ0) is 10.3. The first-order valence-corrected chi connectivity index (χ1v) is 5.55. The van der Waals surface area contributed by atoms with E-state index in [9.17, 15) is 4.79 Å². The van der Waals surface area contributed by atoms with Gasteiger partial charge in [-0.25, -0.2) is 0 Å². The van der Waals surface area contributed by atoms with Gasteiger partial charge >= 0.3 is 0 Å². The molecule has 2 nitrogen and oxygen atoms in total. The van der Waals surface area contributed by atoms with E-state index < -0.39 is 0 Å². The first-order chi connectivity index (χ1) is 7.33. The molecule has 1 aromatic carbocycles. The maximum Gasteiger partial charge on any atom is 0.163 e. The summed E-state index contributed by atoms with van der Waals surface area (Å²) in [7, 11) is 0. The second-order valence-electron chi connectivity index (χ2n) is 4.55. The van der Waals surface area contributed by atoms with Crippen molar-refractivity contribution in [3.63, 3.8) is 0 Å². The van der Waals surface area contributed by atoms with E-state index in [-0.39, 0.29) is 0 Å². The van der Waals surface area contributed by atoms with E-state index in [1.54, 1.807) is 0 Å². The van der Waals surface area contributed by atoms with Crippen LogP contribution in [-0.2, 0) is 18.0 Å². The van der Waals surface area contributed by atoms with Crippen LogP contribution in [0.4, 0.5) is 0 Å². The molecule has 1 aromatic rings. The number of ketones is 1. The van der Waals surface area contributed by atoms with E-state index in [2.05, 4.69) is 0 Å². The molecule has 0 atom stereocenters. The standard InChI is InChI=1S/C13H14O2/c14-13(5-9-1-2-9)10-3-4-11-7-15-8-12(11)6-10/h3-4,6,9H,1-2,5,7-8H2. The van der Waals surface area contributed by atoms with Crippen molar-refractivity contribution < 1.29 is 9.53 Å². The first kappa shape index (κ1) is 9.10. The molecule has 1 fully saturated rings. The van der Waals surface area contributed by atoms with Crippen molar-refractivity contribution in [3.8, 4) is 0 Å². The van der Waals surface area contributed by atoms with Gasteiger partial charge in [-0.2, -0.15) is 0 Å². The van der Waals surface area contributed by atoms with Gasteiger partial charge in [0.1, 0.15) is 0 Å². The van der Waals surface area contributed by atoms with Crippen LogP contribution in [0.1, 0.15) is 40.7 Å². The predicted molar refractivity (Wildman–Crippen MR) is 56.6 cm³/mol. The highest BCUT2D eigenvalue weighted by Gasteiger charge is 2.25. The molecule has 2 heteroatoms. The Kier molecular flexibility index (Phi) is 2.10. The van der Waals surface area contributed by atoms with E-state index in [1.807, 2.05) is 18.2 Å². The number of fused-ring (bicyclic) bond motifs is 1. The molecular weight excluding hydrogens is 188 g/mol. The lowest BCUT2D eigenvalue weighted by molar-refractivity contribution is 0.0976. The van der Waals surface area contributed by atoms with Crippen molar-refractivity contribution in [1.29, 1.82) is 0 Å². The Labute approximate surface area is 89.2 Å². The van der Waals surface area contributed by atoms with Crippen LogP contribution in [0.2, 0.25) is 0 Å². The molecule has 1 aliphatic carbocycles. The van der Waals surface area contributed by atoms with Gasteiger partial charge in [0.15, 0.2) is 5.78 Å². The fourth-order valence-corrected chi connectivity index (χ4v) is 2.05. The molecule has 0 radical (unpaired) electrons. The minimum atomic E-state index is 0.298. The maximum absolute atomic E-state index is 11.9. The van der Waals surface area contributed by atoms with E-state index in [4.69, 9.17) is 4.74 Å². The Hall–Kier alpha value is -1.15. The quantitative estimate of drug-likeness (QED) is 0.704. The number of benzene rings is 1. The van der Waals surface area contributed by atoms with E-state index in [0.717, 1.165) is 12.0 Å². The largest absolute Gasteiger partial charge is 0.372 e. The van der Waals surface area contributed by atoms with Crippen LogP contribution in [0.3, 0.4) is 0 Å². The van der Waals surface area contributed by atoms with Crippen LogP contribution in [0, 0.1) is 5.92 Å². The van der Waals surface area contributed by atoms with Gasteiger partial charge in [0.2, 0.25) is 0 Å². The number of carbonyl (C=O) groups is 1. The van der Waals surface area contributed by atoms with Gasteiger partial charge in [0, 0.05) is 12.0 Å². The van der Waals surface area contributed by atoms with Gasteiger partial charge in [-0.3, -0.25) is 4.79 Å². The number of hydrogen-bond donors (Lipinski definition) is 0. The molecule has 0 spiro atoms. The van der Waals surface area contributed by atoms with Gasteiger partial charge in [-0.05, 0) is 36.0 Å². The number of carbonyl (C=O) groups excluding carboxylic acids is 1. The average molecular weight is 202 g/mol. The molecular formula is C13H14O2. The minimum absolute atomic E-state index is 0.298. The minimum Gasteiger partial charge on any atom is -0.372 e. The number of ether oxygens (including phenoxy) is 1. The Morgan fingerprint density at radius 1 is 1.27 bits per heavy atom. The third kappa shape index (κ3) is 1.82. The highest BCUT2D eigenvalue weighted by molar-refractivity contribution is 5.96. The fraction of sp³-hybridized carbons (Fsp3) is 0.462. The summed E-state index contributed by atoms with van der Waals surface area (Å²) >= 11 is 0. The highest BCUT2D eigenvalue weighted by atomic mass is 16.5. The lowest BCUT2D eigenvalue weighted by Crippen LogP contribution is -2.01. The Morgan fingerprint density at radius 3 is 2.87 bits per heavy atom. The summed E-state index contributed by atoms with van der Waals surface area (Å²) in [6.07, 6.45) is 3.21. The van der Waals surface area contributed by atoms with Gasteiger partial charge in [-0.15, -0.1) is 0 Å². The van der Waals surface area contributed by atoms with Gasteiger partial charge in [0.25, 0.3) is 0 Å². The van der Waals surface area contributed by atoms with Crippen LogP contribution in [0.25, 0.3) is 0 Å². The van der Waals surface area contributed by atoms with Crippen LogP contribution < -0.4 is 0 Å². The predicted octanol–water partition coefficient (Wildman–Crippen LogP) is 2.70. The first-order valence-electron chi connectivity index (χ1n) is 5.55. The summed E-state index contributed by atoms with van der Waals surface area (Å²) in [6.45, 7) is 1.37. The van der Waals surface area contributed by atoms with Crippen molar-refractivity contribution in [2.45, 2.75) is 32.5 Å². The molecule has 0 aromatic heterocycles. The summed E-state index contributed by atoms with van der Waals surface area (Å²) in [5.74, 6) is 0.967. The molecule has 3 rings (SSSR count). The van der Waals surface area contributed by atoms with E-state index in [1.165, 1.54) is 24.0 Å². The molecule has 1 aliphatic heterocycles. The third-order valence-corrected chi connectivity index (χ3v) is 3.21. The fourth-order valence-electron chi connectivity index (χ4n) is 2.05. The summed E-state index contributed by atoms with van der Waals surface area (Å²) in [5.41, 5.74) is 3.29.